The molecule has 0 spiro atoms. The smallest absolute Gasteiger partial charge is 0.128 e. The maximum atomic E-state index is 6.09. The molecule has 0 saturated heterocycles. The number of hydrogen-bond donors (Lipinski definition) is 1. The quantitative estimate of drug-likeness (QED) is 0.847. The van der Waals surface area contributed by atoms with Gasteiger partial charge in [-0.25, -0.2) is 4.98 Å². The highest BCUT2D eigenvalue weighted by Gasteiger charge is 2.07. The Labute approximate surface area is 109 Å². The van der Waals surface area contributed by atoms with Crippen molar-refractivity contribution in [3.05, 3.63) is 22.8 Å². The molecular formula is C13H22ClN3. The molecule has 0 aliphatic heterocycles. The Morgan fingerprint density at radius 2 is 2.18 bits per heavy atom. The van der Waals surface area contributed by atoms with Crippen molar-refractivity contribution in [3.8, 4) is 0 Å². The Morgan fingerprint density at radius 3 is 2.76 bits per heavy atom. The number of aromatic nitrogens is 1. The molecule has 0 atom stereocenters. The minimum absolute atomic E-state index is 0.710. The summed E-state index contributed by atoms with van der Waals surface area (Å²) in [5.74, 6) is 1.70. The van der Waals surface area contributed by atoms with Crippen LogP contribution < -0.4 is 10.2 Å². The summed E-state index contributed by atoms with van der Waals surface area (Å²) in [5.41, 5.74) is 1.09. The van der Waals surface area contributed by atoms with Gasteiger partial charge in [0.25, 0.3) is 0 Å². The van der Waals surface area contributed by atoms with Gasteiger partial charge in [-0.15, -0.1) is 0 Å². The van der Waals surface area contributed by atoms with Gasteiger partial charge in [0, 0.05) is 26.3 Å². The lowest BCUT2D eigenvalue weighted by Gasteiger charge is -2.20. The third-order valence-electron chi connectivity index (χ3n) is 2.72. The zero-order valence-electron chi connectivity index (χ0n) is 11.1. The van der Waals surface area contributed by atoms with Crippen LogP contribution in [0.15, 0.2) is 12.3 Å². The first kappa shape index (κ1) is 14.3. The Bertz CT molecular complexity index is 353. The molecule has 1 aromatic rings. The van der Waals surface area contributed by atoms with Crippen LogP contribution in [0, 0.1) is 5.92 Å². The number of halogens is 1. The second-order valence-corrected chi connectivity index (χ2v) is 5.18. The van der Waals surface area contributed by atoms with Crippen LogP contribution in [0.4, 0.5) is 5.82 Å². The number of nitrogens with zero attached hydrogens (tertiary/aromatic N) is 2. The number of anilines is 1. The summed E-state index contributed by atoms with van der Waals surface area (Å²) >= 11 is 6.09. The average Bonchev–Trinajstić information content (AvgIpc) is 2.29. The Kier molecular flexibility index (Phi) is 5.72. The van der Waals surface area contributed by atoms with Gasteiger partial charge in [0.1, 0.15) is 5.82 Å². The van der Waals surface area contributed by atoms with Crippen LogP contribution in [-0.2, 0) is 6.54 Å². The Morgan fingerprint density at radius 1 is 1.47 bits per heavy atom. The van der Waals surface area contributed by atoms with Gasteiger partial charge < -0.3 is 10.2 Å². The third kappa shape index (κ3) is 4.52. The van der Waals surface area contributed by atoms with E-state index in [0.717, 1.165) is 29.5 Å². The maximum absolute atomic E-state index is 6.09. The average molecular weight is 256 g/mol. The predicted molar refractivity (Wildman–Crippen MR) is 74.7 cm³/mol. The molecule has 1 heterocycles. The van der Waals surface area contributed by atoms with Crippen molar-refractivity contribution in [1.82, 2.24) is 10.3 Å². The summed E-state index contributed by atoms with van der Waals surface area (Å²) in [5, 5.41) is 3.83. The molecule has 17 heavy (non-hydrogen) atoms. The molecule has 0 amide bonds. The fourth-order valence-electron chi connectivity index (χ4n) is 1.57. The van der Waals surface area contributed by atoms with Crippen LogP contribution in [0.5, 0.6) is 0 Å². The summed E-state index contributed by atoms with van der Waals surface area (Å²) in [6, 6.07) is 2.05. The number of nitrogens with one attached hydrogen (secondary N) is 1. The minimum Gasteiger partial charge on any atom is -0.360 e. The molecule has 0 aliphatic carbocycles. The SMILES string of the molecule is CNCc1cc(N(C)CCC(C)C)ncc1Cl. The zero-order valence-corrected chi connectivity index (χ0v) is 11.9. The minimum atomic E-state index is 0.710. The molecule has 96 valence electrons. The van der Waals surface area contributed by atoms with Gasteiger partial charge in [-0.1, -0.05) is 25.4 Å². The van der Waals surface area contributed by atoms with Crippen LogP contribution in [-0.4, -0.2) is 25.6 Å². The van der Waals surface area contributed by atoms with Gasteiger partial charge in [0.15, 0.2) is 0 Å². The van der Waals surface area contributed by atoms with Crippen molar-refractivity contribution in [2.24, 2.45) is 5.92 Å². The highest BCUT2D eigenvalue weighted by atomic mass is 35.5. The van der Waals surface area contributed by atoms with E-state index in [9.17, 15) is 0 Å². The third-order valence-corrected chi connectivity index (χ3v) is 3.06. The van der Waals surface area contributed by atoms with Crippen molar-refractivity contribution in [1.29, 1.82) is 0 Å². The second kappa shape index (κ2) is 6.82. The number of pyridine rings is 1. The lowest BCUT2D eigenvalue weighted by Crippen LogP contribution is -2.21. The predicted octanol–water partition coefficient (Wildman–Crippen LogP) is 2.94. The van der Waals surface area contributed by atoms with E-state index in [1.54, 1.807) is 6.20 Å². The Hall–Kier alpha value is -0.800. The van der Waals surface area contributed by atoms with Crippen molar-refractivity contribution in [2.75, 3.05) is 25.5 Å². The lowest BCUT2D eigenvalue weighted by molar-refractivity contribution is 0.583. The number of hydrogen-bond acceptors (Lipinski definition) is 3. The molecule has 0 radical (unpaired) electrons. The van der Waals surface area contributed by atoms with E-state index in [-0.39, 0.29) is 0 Å². The highest BCUT2D eigenvalue weighted by molar-refractivity contribution is 6.31. The highest BCUT2D eigenvalue weighted by Crippen LogP contribution is 2.20. The topological polar surface area (TPSA) is 28.2 Å². The van der Waals surface area contributed by atoms with Crippen molar-refractivity contribution in [2.45, 2.75) is 26.8 Å². The van der Waals surface area contributed by atoms with Crippen LogP contribution in [0.2, 0.25) is 5.02 Å². The fourth-order valence-corrected chi connectivity index (χ4v) is 1.74. The first-order chi connectivity index (χ1) is 8.04. The molecule has 0 saturated carbocycles. The van der Waals surface area contributed by atoms with E-state index in [1.807, 2.05) is 7.05 Å². The first-order valence-electron chi connectivity index (χ1n) is 6.04. The maximum Gasteiger partial charge on any atom is 0.128 e. The fraction of sp³-hybridized carbons (Fsp3) is 0.615. The molecule has 0 aliphatic rings. The van der Waals surface area contributed by atoms with Crippen LogP contribution >= 0.6 is 11.6 Å². The number of rotatable bonds is 6. The Balaban J connectivity index is 2.73. The van der Waals surface area contributed by atoms with E-state index >= 15 is 0 Å². The largest absolute Gasteiger partial charge is 0.360 e. The van der Waals surface area contributed by atoms with Crippen molar-refractivity contribution < 1.29 is 0 Å². The summed E-state index contributed by atoms with van der Waals surface area (Å²) in [6.07, 6.45) is 2.90. The van der Waals surface area contributed by atoms with Gasteiger partial charge in [-0.2, -0.15) is 0 Å². The molecule has 1 N–H and O–H groups in total. The molecule has 0 fully saturated rings. The van der Waals surface area contributed by atoms with E-state index in [2.05, 4.69) is 42.2 Å². The lowest BCUT2D eigenvalue weighted by atomic mass is 10.1. The van der Waals surface area contributed by atoms with E-state index in [0.29, 0.717) is 5.92 Å². The molecule has 3 nitrogen and oxygen atoms in total. The van der Waals surface area contributed by atoms with E-state index in [1.165, 1.54) is 6.42 Å². The van der Waals surface area contributed by atoms with Crippen molar-refractivity contribution in [3.63, 3.8) is 0 Å². The van der Waals surface area contributed by atoms with Crippen LogP contribution in [0.3, 0.4) is 0 Å². The molecule has 1 rings (SSSR count). The van der Waals surface area contributed by atoms with Gasteiger partial charge in [-0.05, 0) is 31.0 Å². The molecular weight excluding hydrogens is 234 g/mol. The van der Waals surface area contributed by atoms with Gasteiger partial charge in [0.2, 0.25) is 0 Å². The zero-order chi connectivity index (χ0) is 12.8. The molecule has 4 heteroatoms. The molecule has 0 bridgehead atoms. The summed E-state index contributed by atoms with van der Waals surface area (Å²) in [6.45, 7) is 6.25. The second-order valence-electron chi connectivity index (χ2n) is 4.77. The van der Waals surface area contributed by atoms with Gasteiger partial charge >= 0.3 is 0 Å². The standard InChI is InChI=1S/C13H22ClN3/c1-10(2)5-6-17(4)13-7-11(8-15-3)12(14)9-16-13/h7,9-10,15H,5-6,8H2,1-4H3. The monoisotopic (exact) mass is 255 g/mol. The summed E-state index contributed by atoms with van der Waals surface area (Å²) in [7, 11) is 3.99. The van der Waals surface area contributed by atoms with Crippen molar-refractivity contribution >= 4 is 17.4 Å². The van der Waals surface area contributed by atoms with Gasteiger partial charge in [0.05, 0.1) is 5.02 Å². The first-order valence-corrected chi connectivity index (χ1v) is 6.42. The normalized spacial score (nSPS) is 10.9. The molecule has 1 aromatic heterocycles. The summed E-state index contributed by atoms with van der Waals surface area (Å²) < 4.78 is 0. The van der Waals surface area contributed by atoms with E-state index in [4.69, 9.17) is 11.6 Å². The molecule has 0 unspecified atom stereocenters. The van der Waals surface area contributed by atoms with Gasteiger partial charge in [-0.3, -0.25) is 0 Å². The summed E-state index contributed by atoms with van der Waals surface area (Å²) in [4.78, 5) is 6.54. The van der Waals surface area contributed by atoms with Crippen LogP contribution in [0.25, 0.3) is 0 Å². The van der Waals surface area contributed by atoms with E-state index < -0.39 is 0 Å². The molecule has 0 aromatic carbocycles. The van der Waals surface area contributed by atoms with Crippen LogP contribution in [0.1, 0.15) is 25.8 Å².